The third kappa shape index (κ3) is 2.86. The van der Waals surface area contributed by atoms with E-state index in [1.54, 1.807) is 6.07 Å². The lowest BCUT2D eigenvalue weighted by Gasteiger charge is -2.15. The van der Waals surface area contributed by atoms with Crippen molar-refractivity contribution in [3.05, 3.63) is 17.7 Å². The number of ether oxygens (including phenoxy) is 5. The van der Waals surface area contributed by atoms with E-state index in [4.69, 9.17) is 23.7 Å². The summed E-state index contributed by atoms with van der Waals surface area (Å²) < 4.78 is 25.4. The van der Waals surface area contributed by atoms with E-state index in [1.807, 2.05) is 0 Å². The second-order valence-electron chi connectivity index (χ2n) is 4.23. The molecule has 1 saturated heterocycles. The van der Waals surface area contributed by atoms with E-state index in [1.165, 1.54) is 27.4 Å². The average Bonchev–Trinajstić information content (AvgIpc) is 2.90. The van der Waals surface area contributed by atoms with Crippen molar-refractivity contribution < 1.29 is 33.3 Å². The summed E-state index contributed by atoms with van der Waals surface area (Å²) in [6.45, 7) is 0.250. The molecule has 1 heterocycles. The quantitative estimate of drug-likeness (QED) is 0.755. The van der Waals surface area contributed by atoms with Gasteiger partial charge in [-0.1, -0.05) is 0 Å². The highest BCUT2D eigenvalue weighted by Crippen LogP contribution is 2.40. The van der Waals surface area contributed by atoms with Crippen LogP contribution < -0.4 is 14.2 Å². The van der Waals surface area contributed by atoms with Crippen molar-refractivity contribution in [3.63, 3.8) is 0 Å². The molecular weight excluding hydrogens is 280 g/mol. The van der Waals surface area contributed by atoms with Gasteiger partial charge in [0, 0.05) is 6.42 Å². The molecule has 7 heteroatoms. The van der Waals surface area contributed by atoms with Crippen LogP contribution in [0.2, 0.25) is 0 Å². The van der Waals surface area contributed by atoms with Gasteiger partial charge in [0.05, 0.1) is 27.9 Å². The van der Waals surface area contributed by atoms with E-state index >= 15 is 0 Å². The molecule has 7 nitrogen and oxygen atoms in total. The van der Waals surface area contributed by atoms with Crippen molar-refractivity contribution in [2.45, 2.75) is 12.5 Å². The van der Waals surface area contributed by atoms with Gasteiger partial charge in [-0.25, -0.2) is 9.59 Å². The van der Waals surface area contributed by atoms with Crippen molar-refractivity contribution in [1.82, 2.24) is 0 Å². The maximum Gasteiger partial charge on any atom is 0.347 e. The molecule has 0 aromatic heterocycles. The maximum atomic E-state index is 12.2. The highest BCUT2D eigenvalue weighted by Gasteiger charge is 2.32. The molecule has 1 aromatic rings. The molecule has 0 N–H and O–H groups in total. The van der Waals surface area contributed by atoms with Crippen molar-refractivity contribution in [3.8, 4) is 17.2 Å². The predicted molar refractivity (Wildman–Crippen MR) is 70.9 cm³/mol. The van der Waals surface area contributed by atoms with Gasteiger partial charge in [0.1, 0.15) is 5.56 Å². The van der Waals surface area contributed by atoms with Gasteiger partial charge in [0.2, 0.25) is 11.9 Å². The molecule has 0 aliphatic carbocycles. The summed E-state index contributed by atoms with van der Waals surface area (Å²) in [7, 11) is 4.31. The van der Waals surface area contributed by atoms with Crippen LogP contribution in [0.4, 0.5) is 0 Å². The number of cyclic esters (lactones) is 1. The highest BCUT2D eigenvalue weighted by molar-refractivity contribution is 5.95. The number of carbonyl (C=O) groups is 2. The smallest absolute Gasteiger partial charge is 0.347 e. The van der Waals surface area contributed by atoms with Gasteiger partial charge in [-0.3, -0.25) is 0 Å². The Morgan fingerprint density at radius 1 is 1.14 bits per heavy atom. The highest BCUT2D eigenvalue weighted by atomic mass is 16.6. The molecule has 1 fully saturated rings. The van der Waals surface area contributed by atoms with E-state index < -0.39 is 18.0 Å². The van der Waals surface area contributed by atoms with E-state index in [2.05, 4.69) is 0 Å². The van der Waals surface area contributed by atoms with Crippen molar-refractivity contribution in [1.29, 1.82) is 0 Å². The third-order valence-corrected chi connectivity index (χ3v) is 3.06. The van der Waals surface area contributed by atoms with Gasteiger partial charge in [0.15, 0.2) is 11.5 Å². The van der Waals surface area contributed by atoms with Crippen LogP contribution in [0.3, 0.4) is 0 Å². The summed E-state index contributed by atoms with van der Waals surface area (Å²) in [5.74, 6) is -0.331. The molecule has 0 radical (unpaired) electrons. The topological polar surface area (TPSA) is 80.3 Å². The molecule has 0 amide bonds. The summed E-state index contributed by atoms with van der Waals surface area (Å²) in [5, 5.41) is 0. The van der Waals surface area contributed by atoms with E-state index in [9.17, 15) is 9.59 Å². The first-order valence-electron chi connectivity index (χ1n) is 6.29. The molecule has 1 aromatic carbocycles. The van der Waals surface area contributed by atoms with Crippen molar-refractivity contribution in [2.24, 2.45) is 0 Å². The first kappa shape index (κ1) is 15.0. The molecule has 114 valence electrons. The van der Waals surface area contributed by atoms with Crippen LogP contribution in [0.25, 0.3) is 0 Å². The number of methoxy groups -OCH3 is 3. The standard InChI is InChI=1S/C14H16O7/c1-17-9-5-4-8(11(18-2)12(9)19-3)13(15)21-10-6-7-20-14(10)16/h4-5,10H,6-7H2,1-3H3/t10-/m1/s1. The van der Waals surface area contributed by atoms with Crippen LogP contribution in [0, 0.1) is 0 Å². The molecule has 0 bridgehead atoms. The zero-order valence-corrected chi connectivity index (χ0v) is 12.0. The third-order valence-electron chi connectivity index (χ3n) is 3.06. The molecule has 2 rings (SSSR count). The molecule has 1 aliphatic rings. The predicted octanol–water partition coefficient (Wildman–Crippen LogP) is 1.18. The Morgan fingerprint density at radius 3 is 2.38 bits per heavy atom. The van der Waals surface area contributed by atoms with Gasteiger partial charge >= 0.3 is 11.9 Å². The second kappa shape index (κ2) is 6.34. The van der Waals surface area contributed by atoms with Crippen LogP contribution >= 0.6 is 0 Å². The minimum Gasteiger partial charge on any atom is -0.493 e. The number of carbonyl (C=O) groups excluding carboxylic acids is 2. The molecule has 1 aliphatic heterocycles. The minimum atomic E-state index is -0.879. The zero-order chi connectivity index (χ0) is 15.4. The summed E-state index contributed by atoms with van der Waals surface area (Å²) >= 11 is 0. The Morgan fingerprint density at radius 2 is 1.86 bits per heavy atom. The second-order valence-corrected chi connectivity index (χ2v) is 4.23. The summed E-state index contributed by atoms with van der Waals surface area (Å²) in [5.41, 5.74) is 0.148. The van der Waals surface area contributed by atoms with Gasteiger partial charge in [-0.15, -0.1) is 0 Å². The van der Waals surface area contributed by atoms with Gasteiger partial charge < -0.3 is 23.7 Å². The van der Waals surface area contributed by atoms with Gasteiger partial charge in [-0.2, -0.15) is 0 Å². The summed E-state index contributed by atoms with van der Waals surface area (Å²) in [6.07, 6.45) is -0.532. The minimum absolute atomic E-state index is 0.148. The molecule has 0 spiro atoms. The zero-order valence-electron chi connectivity index (χ0n) is 12.0. The van der Waals surface area contributed by atoms with Crippen LogP contribution in [0.15, 0.2) is 12.1 Å². The Balaban J connectivity index is 2.30. The van der Waals surface area contributed by atoms with E-state index in [-0.39, 0.29) is 23.7 Å². The SMILES string of the molecule is COc1ccc(C(=O)O[C@@H]2CCOC2=O)c(OC)c1OC. The van der Waals surface area contributed by atoms with E-state index in [0.29, 0.717) is 12.2 Å². The molecule has 0 saturated carbocycles. The van der Waals surface area contributed by atoms with Crippen molar-refractivity contribution in [2.75, 3.05) is 27.9 Å². The number of rotatable bonds is 5. The Labute approximate surface area is 121 Å². The fourth-order valence-electron chi connectivity index (χ4n) is 2.04. The maximum absolute atomic E-state index is 12.2. The molecule has 21 heavy (non-hydrogen) atoms. The van der Waals surface area contributed by atoms with E-state index in [0.717, 1.165) is 0 Å². The van der Waals surface area contributed by atoms with Crippen LogP contribution in [0.1, 0.15) is 16.8 Å². The lowest BCUT2D eigenvalue weighted by Crippen LogP contribution is -2.23. The van der Waals surface area contributed by atoms with Gasteiger partial charge in [-0.05, 0) is 12.1 Å². The normalized spacial score (nSPS) is 17.1. The first-order valence-corrected chi connectivity index (χ1v) is 6.29. The number of hydrogen-bond donors (Lipinski definition) is 0. The molecule has 1 atom stereocenters. The number of benzene rings is 1. The van der Waals surface area contributed by atoms with Gasteiger partial charge in [0.25, 0.3) is 0 Å². The van der Waals surface area contributed by atoms with Crippen LogP contribution in [-0.2, 0) is 14.3 Å². The monoisotopic (exact) mass is 296 g/mol. The summed E-state index contributed by atoms with van der Waals surface area (Å²) in [4.78, 5) is 23.5. The van der Waals surface area contributed by atoms with Crippen LogP contribution in [-0.4, -0.2) is 46.0 Å². The van der Waals surface area contributed by atoms with Crippen LogP contribution in [0.5, 0.6) is 17.2 Å². The largest absolute Gasteiger partial charge is 0.493 e. The fourth-order valence-corrected chi connectivity index (χ4v) is 2.04. The molecule has 0 unspecified atom stereocenters. The fraction of sp³-hybridized carbons (Fsp3) is 0.429. The van der Waals surface area contributed by atoms with Crippen molar-refractivity contribution >= 4 is 11.9 Å². The summed E-state index contributed by atoms with van der Waals surface area (Å²) in [6, 6.07) is 3.05. The number of esters is 2. The first-order chi connectivity index (χ1) is 10.1. The lowest BCUT2D eigenvalue weighted by atomic mass is 10.1. The lowest BCUT2D eigenvalue weighted by molar-refractivity contribution is -0.145. The average molecular weight is 296 g/mol. The molecular formula is C14H16O7. The Bertz CT molecular complexity index is 552. The Kier molecular flexibility index (Phi) is 4.52. The Hall–Kier alpha value is -2.44. The number of hydrogen-bond acceptors (Lipinski definition) is 7.